The molecule has 2 aromatic heterocycles. The molecule has 1 fully saturated rings. The highest BCUT2D eigenvalue weighted by molar-refractivity contribution is 5.95. The number of carbonyl (C=O) groups excluding carboxylic acids is 1. The van der Waals surface area contributed by atoms with Crippen molar-refractivity contribution < 1.29 is 4.79 Å². The average Bonchev–Trinajstić information content (AvgIpc) is 3.32. The molecule has 0 atom stereocenters. The second-order valence-electron chi connectivity index (χ2n) is 6.44. The lowest BCUT2D eigenvalue weighted by molar-refractivity contribution is 0.0619. The molecule has 0 saturated carbocycles. The molecule has 2 N–H and O–H groups in total. The molecule has 1 aliphatic rings. The first kappa shape index (κ1) is 16.5. The van der Waals surface area contributed by atoms with Gasteiger partial charge in [-0.05, 0) is 6.92 Å². The molecule has 0 radical (unpaired) electrons. The predicted octanol–water partition coefficient (Wildman–Crippen LogP) is 1.46. The van der Waals surface area contributed by atoms with Crippen molar-refractivity contribution in [2.75, 3.05) is 26.2 Å². The summed E-state index contributed by atoms with van der Waals surface area (Å²) in [7, 11) is 0. The van der Waals surface area contributed by atoms with E-state index in [0.717, 1.165) is 42.3 Å². The van der Waals surface area contributed by atoms with Gasteiger partial charge in [0.25, 0.3) is 5.91 Å². The first-order valence-corrected chi connectivity index (χ1v) is 8.68. The molecule has 3 heterocycles. The molecule has 134 valence electrons. The van der Waals surface area contributed by atoms with Crippen LogP contribution >= 0.6 is 0 Å². The molecule has 3 aromatic rings. The highest BCUT2D eigenvalue weighted by Gasteiger charge is 2.26. The van der Waals surface area contributed by atoms with E-state index in [4.69, 9.17) is 0 Å². The third-order valence-corrected chi connectivity index (χ3v) is 4.77. The van der Waals surface area contributed by atoms with Crippen LogP contribution in [-0.2, 0) is 6.54 Å². The van der Waals surface area contributed by atoms with E-state index < -0.39 is 0 Å². The fourth-order valence-electron chi connectivity index (χ4n) is 3.27. The molecule has 1 saturated heterocycles. The van der Waals surface area contributed by atoms with E-state index in [1.165, 1.54) is 6.33 Å². The minimum atomic E-state index is 0.0106. The van der Waals surface area contributed by atoms with Crippen molar-refractivity contribution in [2.24, 2.45) is 0 Å². The number of H-pyrrole nitrogens is 2. The number of piperazine rings is 1. The Morgan fingerprint density at radius 2 is 1.88 bits per heavy atom. The molecule has 4 rings (SSSR count). The summed E-state index contributed by atoms with van der Waals surface area (Å²) in [4.78, 5) is 21.2. The van der Waals surface area contributed by atoms with E-state index in [-0.39, 0.29) is 5.91 Å². The first-order valence-electron chi connectivity index (χ1n) is 8.68. The van der Waals surface area contributed by atoms with Crippen LogP contribution in [0.15, 0.2) is 36.7 Å². The monoisotopic (exact) mass is 351 g/mol. The summed E-state index contributed by atoms with van der Waals surface area (Å²) < 4.78 is 0. The van der Waals surface area contributed by atoms with Gasteiger partial charge in [0.15, 0.2) is 0 Å². The van der Waals surface area contributed by atoms with Gasteiger partial charge in [0.05, 0.1) is 12.2 Å². The maximum atomic E-state index is 12.9. The minimum Gasteiger partial charge on any atom is -0.335 e. The van der Waals surface area contributed by atoms with Gasteiger partial charge in [-0.15, -0.1) is 0 Å². The van der Waals surface area contributed by atoms with E-state index >= 15 is 0 Å². The number of hydrogen-bond acceptors (Lipinski definition) is 5. The maximum absolute atomic E-state index is 12.9. The van der Waals surface area contributed by atoms with Crippen LogP contribution in [0.3, 0.4) is 0 Å². The summed E-state index contributed by atoms with van der Waals surface area (Å²) in [5, 5.41) is 14.0. The van der Waals surface area contributed by atoms with Crippen molar-refractivity contribution >= 4 is 5.91 Å². The quantitative estimate of drug-likeness (QED) is 0.742. The van der Waals surface area contributed by atoms with Crippen LogP contribution in [-0.4, -0.2) is 67.3 Å². The van der Waals surface area contributed by atoms with E-state index in [2.05, 4.69) is 30.3 Å². The molecular formula is C18H21N7O. The topological polar surface area (TPSA) is 93.8 Å². The maximum Gasteiger partial charge on any atom is 0.272 e. The smallest absolute Gasteiger partial charge is 0.272 e. The Bertz CT molecular complexity index is 864. The van der Waals surface area contributed by atoms with Gasteiger partial charge in [-0.25, -0.2) is 4.98 Å². The molecule has 1 aliphatic heterocycles. The fourth-order valence-corrected chi connectivity index (χ4v) is 3.27. The lowest BCUT2D eigenvalue weighted by Crippen LogP contribution is -2.48. The van der Waals surface area contributed by atoms with Gasteiger partial charge < -0.3 is 4.90 Å². The van der Waals surface area contributed by atoms with Crippen molar-refractivity contribution in [3.8, 4) is 11.3 Å². The molecule has 8 nitrogen and oxygen atoms in total. The van der Waals surface area contributed by atoms with Gasteiger partial charge in [0, 0.05) is 37.3 Å². The van der Waals surface area contributed by atoms with Crippen LogP contribution in [0.4, 0.5) is 0 Å². The Kier molecular flexibility index (Phi) is 4.49. The van der Waals surface area contributed by atoms with Crippen molar-refractivity contribution in [1.82, 2.24) is 35.2 Å². The van der Waals surface area contributed by atoms with E-state index in [1.807, 2.05) is 42.2 Å². The zero-order valence-electron chi connectivity index (χ0n) is 14.6. The Balaban J connectivity index is 1.42. The van der Waals surface area contributed by atoms with E-state index in [1.54, 1.807) is 0 Å². The zero-order chi connectivity index (χ0) is 17.9. The summed E-state index contributed by atoms with van der Waals surface area (Å²) >= 11 is 0. The molecule has 1 amide bonds. The van der Waals surface area contributed by atoms with Crippen LogP contribution < -0.4 is 0 Å². The molecule has 26 heavy (non-hydrogen) atoms. The number of hydrogen-bond donors (Lipinski definition) is 2. The highest BCUT2D eigenvalue weighted by Crippen LogP contribution is 2.23. The molecule has 0 unspecified atom stereocenters. The zero-order valence-corrected chi connectivity index (χ0v) is 14.6. The molecule has 1 aromatic carbocycles. The largest absolute Gasteiger partial charge is 0.335 e. The number of aromatic nitrogens is 5. The van der Waals surface area contributed by atoms with Gasteiger partial charge in [-0.3, -0.25) is 19.9 Å². The number of rotatable bonds is 4. The highest BCUT2D eigenvalue weighted by atomic mass is 16.2. The SMILES string of the molecule is Cc1c(-c2ccccc2)n[nH]c1C(=O)N1CCN(Cc2ncn[nH]2)CC1. The summed E-state index contributed by atoms with van der Waals surface area (Å²) in [6.45, 7) is 5.66. The summed E-state index contributed by atoms with van der Waals surface area (Å²) in [6, 6.07) is 9.91. The van der Waals surface area contributed by atoms with E-state index in [0.29, 0.717) is 18.8 Å². The van der Waals surface area contributed by atoms with Crippen LogP contribution in [0.1, 0.15) is 21.9 Å². The summed E-state index contributed by atoms with van der Waals surface area (Å²) in [5.74, 6) is 0.859. The number of benzene rings is 1. The van der Waals surface area contributed by atoms with Gasteiger partial charge in [-0.2, -0.15) is 10.2 Å². The van der Waals surface area contributed by atoms with Crippen LogP contribution in [0.5, 0.6) is 0 Å². The Labute approximate surface area is 151 Å². The lowest BCUT2D eigenvalue weighted by Gasteiger charge is -2.34. The Morgan fingerprint density at radius 1 is 1.12 bits per heavy atom. The normalized spacial score (nSPS) is 15.3. The van der Waals surface area contributed by atoms with Gasteiger partial charge in [0.2, 0.25) is 0 Å². The molecule has 0 aliphatic carbocycles. The standard InChI is InChI=1S/C18H21N7O/c1-13-16(14-5-3-2-4-6-14)22-23-17(13)18(26)25-9-7-24(8-10-25)11-15-19-12-20-21-15/h2-6,12H,7-11H2,1H3,(H,22,23)(H,19,20,21). The number of carbonyl (C=O) groups is 1. The van der Waals surface area contributed by atoms with Crippen LogP contribution in [0.25, 0.3) is 11.3 Å². The van der Waals surface area contributed by atoms with Gasteiger partial charge >= 0.3 is 0 Å². The van der Waals surface area contributed by atoms with Gasteiger partial charge in [-0.1, -0.05) is 30.3 Å². The second kappa shape index (κ2) is 7.09. The van der Waals surface area contributed by atoms with Crippen molar-refractivity contribution in [2.45, 2.75) is 13.5 Å². The first-order chi connectivity index (χ1) is 12.7. The Hall–Kier alpha value is -3.00. The third kappa shape index (κ3) is 3.23. The molecular weight excluding hydrogens is 330 g/mol. The molecule has 0 spiro atoms. The van der Waals surface area contributed by atoms with Crippen molar-refractivity contribution in [1.29, 1.82) is 0 Å². The number of amides is 1. The fraction of sp³-hybridized carbons (Fsp3) is 0.333. The number of nitrogens with zero attached hydrogens (tertiary/aromatic N) is 5. The molecule has 8 heteroatoms. The number of aromatic amines is 2. The predicted molar refractivity (Wildman–Crippen MR) is 96.3 cm³/mol. The molecule has 0 bridgehead atoms. The van der Waals surface area contributed by atoms with Crippen molar-refractivity contribution in [3.05, 3.63) is 53.7 Å². The summed E-state index contributed by atoms with van der Waals surface area (Å²) in [6.07, 6.45) is 1.51. The third-order valence-electron chi connectivity index (χ3n) is 4.77. The summed E-state index contributed by atoms with van der Waals surface area (Å²) in [5.41, 5.74) is 3.31. The van der Waals surface area contributed by atoms with Gasteiger partial charge in [0.1, 0.15) is 17.8 Å². The number of nitrogens with one attached hydrogen (secondary N) is 2. The van der Waals surface area contributed by atoms with Crippen LogP contribution in [0.2, 0.25) is 0 Å². The lowest BCUT2D eigenvalue weighted by atomic mass is 10.1. The Morgan fingerprint density at radius 3 is 2.58 bits per heavy atom. The van der Waals surface area contributed by atoms with Crippen LogP contribution in [0, 0.1) is 6.92 Å². The van der Waals surface area contributed by atoms with Crippen molar-refractivity contribution in [3.63, 3.8) is 0 Å². The van der Waals surface area contributed by atoms with E-state index in [9.17, 15) is 4.79 Å². The minimum absolute atomic E-state index is 0.0106. The average molecular weight is 351 g/mol. The second-order valence-corrected chi connectivity index (χ2v) is 6.44.